The van der Waals surface area contributed by atoms with Crippen LogP contribution in [0, 0.1) is 0 Å². The molecular formula is C26H38ClN3O5S2. The van der Waals surface area contributed by atoms with Gasteiger partial charge in [0, 0.05) is 36.6 Å². The molecule has 0 saturated carbocycles. The van der Waals surface area contributed by atoms with Crippen molar-refractivity contribution in [2.24, 2.45) is 0 Å². The van der Waals surface area contributed by atoms with Crippen molar-refractivity contribution in [1.29, 1.82) is 0 Å². The number of nitrogens with zero attached hydrogens (tertiary/aromatic N) is 2. The van der Waals surface area contributed by atoms with Crippen LogP contribution in [0.1, 0.15) is 77.6 Å². The molecule has 206 valence electrons. The molecule has 0 bridgehead atoms. The van der Waals surface area contributed by atoms with E-state index in [0.29, 0.717) is 42.2 Å². The first-order chi connectivity index (χ1) is 17.2. The molecule has 8 nitrogen and oxygen atoms in total. The number of sulfonamides is 1. The fourth-order valence-electron chi connectivity index (χ4n) is 4.16. The quantitative estimate of drug-likeness (QED) is 0.353. The van der Waals surface area contributed by atoms with E-state index in [1.54, 1.807) is 6.92 Å². The number of ether oxygens (including phenoxy) is 1. The fraction of sp³-hybridized carbons (Fsp3) is 0.538. The van der Waals surface area contributed by atoms with E-state index >= 15 is 0 Å². The number of unbranched alkanes of at least 4 members (excludes halogenated alkanes) is 2. The molecule has 37 heavy (non-hydrogen) atoms. The van der Waals surface area contributed by atoms with Crippen LogP contribution < -0.4 is 5.32 Å². The highest BCUT2D eigenvalue weighted by atomic mass is 35.5. The Morgan fingerprint density at radius 2 is 1.70 bits per heavy atom. The number of esters is 1. The molecule has 1 N–H and O–H groups in total. The lowest BCUT2D eigenvalue weighted by Crippen LogP contribution is -2.33. The van der Waals surface area contributed by atoms with Gasteiger partial charge in [-0.25, -0.2) is 13.2 Å². The molecule has 0 radical (unpaired) electrons. The van der Waals surface area contributed by atoms with Gasteiger partial charge in [0.05, 0.1) is 17.1 Å². The van der Waals surface area contributed by atoms with Gasteiger partial charge in [-0.3, -0.25) is 4.79 Å². The molecule has 1 amide bonds. The predicted molar refractivity (Wildman–Crippen MR) is 151 cm³/mol. The van der Waals surface area contributed by atoms with Crippen LogP contribution in [-0.4, -0.2) is 62.8 Å². The van der Waals surface area contributed by atoms with Crippen LogP contribution in [0.25, 0.3) is 0 Å². The summed E-state index contributed by atoms with van der Waals surface area (Å²) in [6, 6.07) is 6.00. The van der Waals surface area contributed by atoms with Gasteiger partial charge in [-0.1, -0.05) is 26.7 Å². The standard InChI is InChI=1S/C26H37N3O5S2.ClH/c1-5-8-15-29(16-9-6-2)36(32,33)20-12-10-19(11-13-20)24(30)27-25-23(26(31)34-7-3)21-14-17-28(4)18-22(21)35-25;/h10-13H,5-9,14-18H2,1-4H3,(H,27,30);1H. The van der Waals surface area contributed by atoms with Gasteiger partial charge in [-0.15, -0.1) is 23.7 Å². The van der Waals surface area contributed by atoms with E-state index in [4.69, 9.17) is 4.74 Å². The number of rotatable bonds is 12. The van der Waals surface area contributed by atoms with Crippen LogP contribution in [0.3, 0.4) is 0 Å². The number of carbonyl (C=O) groups is 2. The predicted octanol–water partition coefficient (Wildman–Crippen LogP) is 5.18. The van der Waals surface area contributed by atoms with Crippen molar-refractivity contribution in [3.05, 3.63) is 45.8 Å². The Balaban J connectivity index is 0.00000481. The number of hydrogen-bond acceptors (Lipinski definition) is 7. The SMILES string of the molecule is CCCCN(CCCC)S(=O)(=O)c1ccc(C(=O)Nc2sc3c(c2C(=O)OCC)CCN(C)C3)cc1.Cl. The summed E-state index contributed by atoms with van der Waals surface area (Å²) in [7, 11) is -1.62. The van der Waals surface area contributed by atoms with E-state index in [9.17, 15) is 18.0 Å². The van der Waals surface area contributed by atoms with Gasteiger partial charge < -0.3 is 15.0 Å². The maximum atomic E-state index is 13.2. The Morgan fingerprint density at radius 3 is 2.27 bits per heavy atom. The second-order valence-electron chi connectivity index (χ2n) is 9.01. The minimum absolute atomic E-state index is 0. The van der Waals surface area contributed by atoms with Crippen LogP contribution >= 0.6 is 23.7 Å². The summed E-state index contributed by atoms with van der Waals surface area (Å²) in [6.45, 7) is 8.58. The summed E-state index contributed by atoms with van der Waals surface area (Å²) in [6.07, 6.45) is 4.13. The molecular weight excluding hydrogens is 534 g/mol. The van der Waals surface area contributed by atoms with E-state index in [1.807, 2.05) is 20.9 Å². The third-order valence-electron chi connectivity index (χ3n) is 6.23. The lowest BCUT2D eigenvalue weighted by atomic mass is 10.0. The number of likely N-dealkylation sites (N-methyl/N-ethyl adjacent to an activating group) is 1. The highest BCUT2D eigenvalue weighted by Crippen LogP contribution is 2.37. The molecule has 1 aromatic heterocycles. The van der Waals surface area contributed by atoms with Gasteiger partial charge in [-0.05, 0) is 63.1 Å². The Labute approximate surface area is 230 Å². The van der Waals surface area contributed by atoms with E-state index in [0.717, 1.165) is 42.7 Å². The second kappa shape index (κ2) is 14.2. The molecule has 2 heterocycles. The fourth-order valence-corrected chi connectivity index (χ4v) is 6.99. The highest BCUT2D eigenvalue weighted by Gasteiger charge is 2.29. The zero-order valence-corrected chi connectivity index (χ0v) is 24.5. The highest BCUT2D eigenvalue weighted by molar-refractivity contribution is 7.89. The molecule has 0 fully saturated rings. The Kier molecular flexibility index (Phi) is 12.0. The second-order valence-corrected chi connectivity index (χ2v) is 12.0. The summed E-state index contributed by atoms with van der Waals surface area (Å²) in [4.78, 5) is 29.2. The van der Waals surface area contributed by atoms with Crippen molar-refractivity contribution in [3.8, 4) is 0 Å². The average molecular weight is 572 g/mol. The van der Waals surface area contributed by atoms with Crippen molar-refractivity contribution in [2.45, 2.75) is 64.3 Å². The molecule has 0 aliphatic carbocycles. The normalized spacial score (nSPS) is 13.6. The number of hydrogen-bond donors (Lipinski definition) is 1. The molecule has 1 aliphatic rings. The van der Waals surface area contributed by atoms with Gasteiger partial charge in [0.15, 0.2) is 0 Å². The largest absolute Gasteiger partial charge is 0.462 e. The summed E-state index contributed by atoms with van der Waals surface area (Å²) < 4.78 is 33.2. The van der Waals surface area contributed by atoms with Crippen molar-refractivity contribution >= 4 is 50.6 Å². The van der Waals surface area contributed by atoms with E-state index in [1.165, 1.54) is 39.9 Å². The van der Waals surface area contributed by atoms with Crippen LogP contribution in [0.4, 0.5) is 5.00 Å². The van der Waals surface area contributed by atoms with Gasteiger partial charge in [0.2, 0.25) is 10.0 Å². The Bertz CT molecular complexity index is 1160. The number of thiophene rings is 1. The smallest absolute Gasteiger partial charge is 0.341 e. The minimum atomic E-state index is -3.64. The topological polar surface area (TPSA) is 96.0 Å². The molecule has 3 rings (SSSR count). The van der Waals surface area contributed by atoms with Crippen molar-refractivity contribution in [1.82, 2.24) is 9.21 Å². The number of nitrogens with one attached hydrogen (secondary N) is 1. The van der Waals surface area contributed by atoms with Crippen molar-refractivity contribution < 1.29 is 22.7 Å². The summed E-state index contributed by atoms with van der Waals surface area (Å²) >= 11 is 1.39. The molecule has 1 aliphatic heterocycles. The monoisotopic (exact) mass is 571 g/mol. The molecule has 0 saturated heterocycles. The van der Waals surface area contributed by atoms with E-state index in [2.05, 4.69) is 10.2 Å². The number of anilines is 1. The lowest BCUT2D eigenvalue weighted by molar-refractivity contribution is 0.0526. The lowest BCUT2D eigenvalue weighted by Gasteiger charge is -2.22. The van der Waals surface area contributed by atoms with Gasteiger partial charge in [0.1, 0.15) is 5.00 Å². The number of halogens is 1. The molecule has 1 aromatic carbocycles. The van der Waals surface area contributed by atoms with Gasteiger partial charge >= 0.3 is 5.97 Å². The first-order valence-electron chi connectivity index (χ1n) is 12.6. The van der Waals surface area contributed by atoms with Crippen LogP contribution in [-0.2, 0) is 27.7 Å². The van der Waals surface area contributed by atoms with Crippen LogP contribution in [0.15, 0.2) is 29.2 Å². The minimum Gasteiger partial charge on any atom is -0.462 e. The Hall–Kier alpha value is -1.98. The number of benzene rings is 1. The summed E-state index contributed by atoms with van der Waals surface area (Å²) in [5, 5.41) is 3.35. The first-order valence-corrected chi connectivity index (χ1v) is 14.9. The summed E-state index contributed by atoms with van der Waals surface area (Å²) in [5.41, 5.74) is 1.69. The molecule has 11 heteroatoms. The van der Waals surface area contributed by atoms with Crippen LogP contribution in [0.5, 0.6) is 0 Å². The maximum Gasteiger partial charge on any atom is 0.341 e. The number of amides is 1. The third kappa shape index (κ3) is 7.54. The van der Waals surface area contributed by atoms with E-state index < -0.39 is 21.9 Å². The number of carbonyl (C=O) groups excluding carboxylic acids is 2. The Morgan fingerprint density at radius 1 is 1.08 bits per heavy atom. The molecule has 0 unspecified atom stereocenters. The van der Waals surface area contributed by atoms with E-state index in [-0.39, 0.29) is 23.9 Å². The average Bonchev–Trinajstić information content (AvgIpc) is 3.20. The summed E-state index contributed by atoms with van der Waals surface area (Å²) in [5.74, 6) is -0.833. The first kappa shape index (κ1) is 31.2. The van der Waals surface area contributed by atoms with Gasteiger partial charge in [0.25, 0.3) is 5.91 Å². The molecule has 0 atom stereocenters. The number of fused-ring (bicyclic) bond motifs is 1. The molecule has 0 spiro atoms. The van der Waals surface area contributed by atoms with Crippen molar-refractivity contribution in [2.75, 3.05) is 38.6 Å². The zero-order chi connectivity index (χ0) is 26.3. The maximum absolute atomic E-state index is 13.2. The van der Waals surface area contributed by atoms with Crippen molar-refractivity contribution in [3.63, 3.8) is 0 Å². The third-order valence-corrected chi connectivity index (χ3v) is 9.28. The van der Waals surface area contributed by atoms with Gasteiger partial charge in [-0.2, -0.15) is 4.31 Å². The van der Waals surface area contributed by atoms with Crippen LogP contribution in [0.2, 0.25) is 0 Å². The zero-order valence-electron chi connectivity index (χ0n) is 22.0. The molecule has 2 aromatic rings.